The maximum atomic E-state index is 12.7. The highest BCUT2D eigenvalue weighted by atomic mass is 16.2. The molecule has 2 amide bonds. The molecule has 0 spiro atoms. The van der Waals surface area contributed by atoms with Crippen molar-refractivity contribution in [3.8, 4) is 0 Å². The van der Waals surface area contributed by atoms with Gasteiger partial charge in [-0.3, -0.25) is 4.90 Å². The number of hydrogen-bond acceptors (Lipinski definition) is 2. The van der Waals surface area contributed by atoms with Crippen LogP contribution in [-0.4, -0.2) is 48.1 Å². The van der Waals surface area contributed by atoms with Gasteiger partial charge in [0.25, 0.3) is 0 Å². The van der Waals surface area contributed by atoms with Crippen molar-refractivity contribution in [2.24, 2.45) is 5.92 Å². The zero-order valence-corrected chi connectivity index (χ0v) is 15.4. The molecule has 3 atom stereocenters. The fourth-order valence-corrected chi connectivity index (χ4v) is 5.12. The van der Waals surface area contributed by atoms with Crippen LogP contribution in [0.4, 0.5) is 4.79 Å². The van der Waals surface area contributed by atoms with Crippen LogP contribution in [0.5, 0.6) is 0 Å². The average molecular weight is 341 g/mol. The summed E-state index contributed by atoms with van der Waals surface area (Å²) in [6, 6.07) is 9.99. The Morgan fingerprint density at radius 1 is 1.28 bits per heavy atom. The number of nitrogens with one attached hydrogen (secondary N) is 1. The third-order valence-electron chi connectivity index (χ3n) is 6.44. The van der Waals surface area contributed by atoms with E-state index in [1.807, 2.05) is 0 Å². The summed E-state index contributed by atoms with van der Waals surface area (Å²) in [7, 11) is 0. The van der Waals surface area contributed by atoms with Crippen molar-refractivity contribution in [2.45, 2.75) is 57.5 Å². The molecule has 0 aromatic heterocycles. The van der Waals surface area contributed by atoms with Gasteiger partial charge in [0.2, 0.25) is 0 Å². The van der Waals surface area contributed by atoms with Gasteiger partial charge in [-0.1, -0.05) is 37.6 Å². The first kappa shape index (κ1) is 16.9. The van der Waals surface area contributed by atoms with Crippen molar-refractivity contribution in [3.63, 3.8) is 0 Å². The van der Waals surface area contributed by atoms with Gasteiger partial charge in [-0.2, -0.15) is 0 Å². The fourth-order valence-electron chi connectivity index (χ4n) is 5.12. The van der Waals surface area contributed by atoms with E-state index in [0.29, 0.717) is 18.0 Å². The van der Waals surface area contributed by atoms with Gasteiger partial charge < -0.3 is 10.2 Å². The van der Waals surface area contributed by atoms with E-state index in [9.17, 15) is 4.79 Å². The van der Waals surface area contributed by atoms with E-state index in [1.165, 1.54) is 30.5 Å². The first-order chi connectivity index (χ1) is 12.3. The number of hydrogen-bond donors (Lipinski definition) is 1. The van der Waals surface area contributed by atoms with Crippen molar-refractivity contribution in [3.05, 3.63) is 35.4 Å². The van der Waals surface area contributed by atoms with Gasteiger partial charge in [-0.25, -0.2) is 4.79 Å². The van der Waals surface area contributed by atoms with E-state index >= 15 is 0 Å². The lowest BCUT2D eigenvalue weighted by atomic mass is 9.77. The predicted octanol–water partition coefficient (Wildman–Crippen LogP) is 3.58. The molecule has 0 radical (unpaired) electrons. The molecule has 2 saturated heterocycles. The van der Waals surface area contributed by atoms with Crippen LogP contribution in [0.2, 0.25) is 0 Å². The standard InChI is InChI=1S/C21H31N3O/c1-2-3-11-22-21(25)24-12-6-8-17-15-23-13-10-16-7-4-5-9-18(16)20(23)14-19(17)24/h4-5,7,9,17,19-20H,2-3,6,8,10-15H2,1H3,(H,22,25). The molecule has 3 aliphatic heterocycles. The van der Waals surface area contributed by atoms with Crippen LogP contribution < -0.4 is 5.32 Å². The smallest absolute Gasteiger partial charge is 0.317 e. The Bertz CT molecular complexity index is 617. The van der Waals surface area contributed by atoms with Gasteiger partial charge in [-0.05, 0) is 49.1 Å². The molecular weight excluding hydrogens is 310 g/mol. The summed E-state index contributed by atoms with van der Waals surface area (Å²) >= 11 is 0. The molecule has 4 heteroatoms. The van der Waals surface area contributed by atoms with Crippen LogP contribution in [-0.2, 0) is 6.42 Å². The predicted molar refractivity (Wildman–Crippen MR) is 101 cm³/mol. The number of rotatable bonds is 3. The lowest BCUT2D eigenvalue weighted by Gasteiger charge is -2.52. The summed E-state index contributed by atoms with van der Waals surface area (Å²) < 4.78 is 0. The molecule has 3 heterocycles. The van der Waals surface area contributed by atoms with E-state index in [-0.39, 0.29) is 6.03 Å². The molecule has 136 valence electrons. The van der Waals surface area contributed by atoms with E-state index in [4.69, 9.17) is 0 Å². The van der Waals surface area contributed by atoms with Crippen LogP contribution in [0.1, 0.15) is 56.2 Å². The number of benzene rings is 1. The number of urea groups is 1. The molecule has 4 nitrogen and oxygen atoms in total. The zero-order chi connectivity index (χ0) is 17.2. The van der Waals surface area contributed by atoms with E-state index < -0.39 is 0 Å². The second-order valence-corrected chi connectivity index (χ2v) is 7.94. The lowest BCUT2D eigenvalue weighted by Crippen LogP contribution is -2.59. The van der Waals surface area contributed by atoms with Gasteiger partial charge in [0, 0.05) is 38.3 Å². The Balaban J connectivity index is 1.51. The molecule has 0 aliphatic carbocycles. The molecule has 1 aromatic rings. The number of nitrogens with zero attached hydrogens (tertiary/aromatic N) is 2. The Hall–Kier alpha value is -1.55. The van der Waals surface area contributed by atoms with E-state index in [2.05, 4.69) is 46.3 Å². The molecule has 4 rings (SSSR count). The Morgan fingerprint density at radius 2 is 2.16 bits per heavy atom. The first-order valence-electron chi connectivity index (χ1n) is 10.1. The van der Waals surface area contributed by atoms with E-state index in [0.717, 1.165) is 45.3 Å². The highest BCUT2D eigenvalue weighted by Crippen LogP contribution is 2.42. The average Bonchev–Trinajstić information content (AvgIpc) is 2.66. The summed E-state index contributed by atoms with van der Waals surface area (Å²) in [5.41, 5.74) is 3.01. The van der Waals surface area contributed by atoms with Crippen LogP contribution in [0.3, 0.4) is 0 Å². The van der Waals surface area contributed by atoms with Crippen molar-refractivity contribution in [2.75, 3.05) is 26.2 Å². The largest absolute Gasteiger partial charge is 0.338 e. The van der Waals surface area contributed by atoms with Gasteiger partial charge in [-0.15, -0.1) is 0 Å². The number of piperidine rings is 2. The topological polar surface area (TPSA) is 35.6 Å². The first-order valence-corrected chi connectivity index (χ1v) is 10.1. The van der Waals surface area contributed by atoms with Gasteiger partial charge >= 0.3 is 6.03 Å². The summed E-state index contributed by atoms with van der Waals surface area (Å²) in [5, 5.41) is 3.15. The minimum Gasteiger partial charge on any atom is -0.338 e. The van der Waals surface area contributed by atoms with Crippen LogP contribution in [0, 0.1) is 5.92 Å². The monoisotopic (exact) mass is 341 g/mol. The Morgan fingerprint density at radius 3 is 3.04 bits per heavy atom. The van der Waals surface area contributed by atoms with Crippen LogP contribution in [0.15, 0.2) is 24.3 Å². The third-order valence-corrected chi connectivity index (χ3v) is 6.44. The number of amides is 2. The molecule has 1 N–H and O–H groups in total. The minimum atomic E-state index is 0.167. The maximum Gasteiger partial charge on any atom is 0.317 e. The molecule has 2 fully saturated rings. The summed E-state index contributed by atoms with van der Waals surface area (Å²) in [4.78, 5) is 17.6. The highest BCUT2D eigenvalue weighted by molar-refractivity contribution is 5.74. The molecule has 0 saturated carbocycles. The number of fused-ring (bicyclic) bond motifs is 4. The molecule has 0 bridgehead atoms. The number of unbranched alkanes of at least 4 members (excludes halogenated alkanes) is 1. The van der Waals surface area contributed by atoms with Crippen LogP contribution in [0.25, 0.3) is 0 Å². The lowest BCUT2D eigenvalue weighted by molar-refractivity contribution is 0.00576. The Labute approximate surface area is 151 Å². The molecular formula is C21H31N3O. The summed E-state index contributed by atoms with van der Waals surface area (Å²) in [6.07, 6.45) is 6.89. The second-order valence-electron chi connectivity index (χ2n) is 7.94. The highest BCUT2D eigenvalue weighted by Gasteiger charge is 2.43. The quantitative estimate of drug-likeness (QED) is 0.853. The minimum absolute atomic E-state index is 0.167. The van der Waals surface area contributed by atoms with Crippen LogP contribution >= 0.6 is 0 Å². The SMILES string of the molecule is CCCCNC(=O)N1CCCC2CN3CCc4ccccc4C3CC21. The third kappa shape index (κ3) is 3.29. The molecule has 1 aromatic carbocycles. The van der Waals surface area contributed by atoms with Crippen molar-refractivity contribution in [1.29, 1.82) is 0 Å². The number of likely N-dealkylation sites (tertiary alicyclic amines) is 1. The maximum absolute atomic E-state index is 12.7. The van der Waals surface area contributed by atoms with Gasteiger partial charge in [0.1, 0.15) is 0 Å². The number of carbonyl (C=O) groups is 1. The van der Waals surface area contributed by atoms with Crippen molar-refractivity contribution in [1.82, 2.24) is 15.1 Å². The molecule has 3 unspecified atom stereocenters. The van der Waals surface area contributed by atoms with E-state index in [1.54, 1.807) is 0 Å². The summed E-state index contributed by atoms with van der Waals surface area (Å²) in [5.74, 6) is 0.646. The molecule has 3 aliphatic rings. The summed E-state index contributed by atoms with van der Waals surface area (Å²) in [6.45, 7) is 6.23. The van der Waals surface area contributed by atoms with Gasteiger partial charge in [0.05, 0.1) is 0 Å². The normalized spacial score (nSPS) is 28.7. The zero-order valence-electron chi connectivity index (χ0n) is 15.4. The van der Waals surface area contributed by atoms with Crippen molar-refractivity contribution < 1.29 is 4.79 Å². The number of carbonyl (C=O) groups excluding carboxylic acids is 1. The fraction of sp³-hybridized carbons (Fsp3) is 0.667. The Kier molecular flexibility index (Phi) is 4.98. The second kappa shape index (κ2) is 7.36. The van der Waals surface area contributed by atoms with Gasteiger partial charge in [0.15, 0.2) is 0 Å². The van der Waals surface area contributed by atoms with Crippen molar-refractivity contribution >= 4 is 6.03 Å². The molecule has 25 heavy (non-hydrogen) atoms.